The molecule has 1 amide bonds. The molecule has 0 aliphatic carbocycles. The Kier molecular flexibility index (Phi) is 4.58. The highest BCUT2D eigenvalue weighted by Crippen LogP contribution is 2.20. The standard InChI is InChI=1S/C11H15ClN2O2/c1-14(2)6-5-13-11(16)9-7-8(12)3-4-10(9)15/h3-4,7,15H,5-6H2,1-2H3,(H,13,16). The molecular formula is C11H15ClN2O2. The summed E-state index contributed by atoms with van der Waals surface area (Å²) in [6, 6.07) is 4.39. The number of rotatable bonds is 4. The van der Waals surface area contributed by atoms with Crippen LogP contribution in [-0.4, -0.2) is 43.1 Å². The van der Waals surface area contributed by atoms with Gasteiger partial charge in [0.05, 0.1) is 5.56 Å². The third kappa shape index (κ3) is 3.72. The van der Waals surface area contributed by atoms with Crippen LogP contribution in [0.3, 0.4) is 0 Å². The third-order valence-electron chi connectivity index (χ3n) is 2.05. The van der Waals surface area contributed by atoms with E-state index in [1.54, 1.807) is 0 Å². The highest BCUT2D eigenvalue weighted by atomic mass is 35.5. The van der Waals surface area contributed by atoms with Crippen LogP contribution >= 0.6 is 11.6 Å². The second-order valence-electron chi connectivity index (χ2n) is 3.72. The molecule has 0 spiro atoms. The molecule has 0 aromatic heterocycles. The molecule has 0 saturated carbocycles. The molecule has 2 N–H and O–H groups in total. The average molecular weight is 243 g/mol. The second kappa shape index (κ2) is 5.72. The normalized spacial score (nSPS) is 10.5. The minimum Gasteiger partial charge on any atom is -0.507 e. The number of carbonyl (C=O) groups is 1. The van der Waals surface area contributed by atoms with Crippen LogP contribution < -0.4 is 5.32 Å². The number of likely N-dealkylation sites (N-methyl/N-ethyl adjacent to an activating group) is 1. The minimum absolute atomic E-state index is 0.0632. The molecule has 0 bridgehead atoms. The molecule has 0 fully saturated rings. The number of phenolic OH excluding ortho intramolecular Hbond substituents is 1. The SMILES string of the molecule is CN(C)CCNC(=O)c1cc(Cl)ccc1O. The zero-order valence-corrected chi connectivity index (χ0v) is 10.1. The van der Waals surface area contributed by atoms with Gasteiger partial charge in [0.1, 0.15) is 5.75 Å². The number of phenols is 1. The Labute approximate surface area is 99.8 Å². The van der Waals surface area contributed by atoms with E-state index in [1.165, 1.54) is 18.2 Å². The molecule has 0 radical (unpaired) electrons. The fraction of sp³-hybridized carbons (Fsp3) is 0.364. The lowest BCUT2D eigenvalue weighted by Crippen LogP contribution is -2.31. The molecular weight excluding hydrogens is 228 g/mol. The first-order valence-corrected chi connectivity index (χ1v) is 5.30. The van der Waals surface area contributed by atoms with Crippen molar-refractivity contribution in [2.75, 3.05) is 27.2 Å². The first-order chi connectivity index (χ1) is 7.50. The summed E-state index contributed by atoms with van der Waals surface area (Å²) in [6.45, 7) is 1.27. The lowest BCUT2D eigenvalue weighted by Gasteiger charge is -2.11. The van der Waals surface area contributed by atoms with Crippen molar-refractivity contribution in [3.05, 3.63) is 28.8 Å². The highest BCUT2D eigenvalue weighted by Gasteiger charge is 2.10. The van der Waals surface area contributed by atoms with E-state index in [4.69, 9.17) is 11.6 Å². The van der Waals surface area contributed by atoms with Gasteiger partial charge < -0.3 is 15.3 Å². The van der Waals surface area contributed by atoms with Gasteiger partial charge in [-0.25, -0.2) is 0 Å². The van der Waals surface area contributed by atoms with Crippen molar-refractivity contribution < 1.29 is 9.90 Å². The quantitative estimate of drug-likeness (QED) is 0.838. The van der Waals surface area contributed by atoms with Gasteiger partial charge >= 0.3 is 0 Å². The van der Waals surface area contributed by atoms with Crippen LogP contribution in [-0.2, 0) is 0 Å². The number of hydrogen-bond donors (Lipinski definition) is 2. The van der Waals surface area contributed by atoms with Gasteiger partial charge in [0.15, 0.2) is 0 Å². The van der Waals surface area contributed by atoms with Crippen molar-refractivity contribution in [2.24, 2.45) is 0 Å². The van der Waals surface area contributed by atoms with Crippen LogP contribution in [0, 0.1) is 0 Å². The molecule has 16 heavy (non-hydrogen) atoms. The number of aromatic hydroxyl groups is 1. The van der Waals surface area contributed by atoms with Crippen molar-refractivity contribution >= 4 is 17.5 Å². The molecule has 1 rings (SSSR count). The molecule has 1 aromatic carbocycles. The number of carbonyl (C=O) groups excluding carboxylic acids is 1. The largest absolute Gasteiger partial charge is 0.507 e. The number of amides is 1. The van der Waals surface area contributed by atoms with Gasteiger partial charge in [-0.2, -0.15) is 0 Å². The van der Waals surface area contributed by atoms with Gasteiger partial charge in [0, 0.05) is 18.1 Å². The van der Waals surface area contributed by atoms with Crippen LogP contribution in [0.1, 0.15) is 10.4 Å². The number of benzene rings is 1. The van der Waals surface area contributed by atoms with E-state index in [1.807, 2.05) is 19.0 Å². The fourth-order valence-electron chi connectivity index (χ4n) is 1.18. The summed E-state index contributed by atoms with van der Waals surface area (Å²) >= 11 is 5.75. The summed E-state index contributed by atoms with van der Waals surface area (Å²) in [5.74, 6) is -0.381. The Balaban J connectivity index is 2.62. The van der Waals surface area contributed by atoms with E-state index in [9.17, 15) is 9.90 Å². The van der Waals surface area contributed by atoms with E-state index in [-0.39, 0.29) is 17.2 Å². The maximum atomic E-state index is 11.7. The van der Waals surface area contributed by atoms with Gasteiger partial charge in [-0.05, 0) is 32.3 Å². The van der Waals surface area contributed by atoms with E-state index >= 15 is 0 Å². The van der Waals surface area contributed by atoms with E-state index < -0.39 is 0 Å². The predicted molar refractivity (Wildman–Crippen MR) is 64.0 cm³/mol. The Morgan fingerprint density at radius 3 is 2.81 bits per heavy atom. The lowest BCUT2D eigenvalue weighted by atomic mass is 10.2. The van der Waals surface area contributed by atoms with Crippen LogP contribution in [0.15, 0.2) is 18.2 Å². The predicted octanol–water partition coefficient (Wildman–Crippen LogP) is 1.34. The van der Waals surface area contributed by atoms with Crippen molar-refractivity contribution in [1.29, 1.82) is 0 Å². The van der Waals surface area contributed by atoms with Gasteiger partial charge in [-0.1, -0.05) is 11.6 Å². The topological polar surface area (TPSA) is 52.6 Å². The van der Waals surface area contributed by atoms with Gasteiger partial charge in [0.2, 0.25) is 0 Å². The van der Waals surface area contributed by atoms with Crippen molar-refractivity contribution in [3.8, 4) is 5.75 Å². The van der Waals surface area contributed by atoms with Gasteiger partial charge in [-0.15, -0.1) is 0 Å². The van der Waals surface area contributed by atoms with E-state index in [0.717, 1.165) is 6.54 Å². The van der Waals surface area contributed by atoms with Gasteiger partial charge in [-0.3, -0.25) is 4.79 Å². The molecule has 4 nitrogen and oxygen atoms in total. The first kappa shape index (κ1) is 12.8. The molecule has 0 atom stereocenters. The van der Waals surface area contributed by atoms with Crippen LogP contribution in [0.4, 0.5) is 0 Å². The van der Waals surface area contributed by atoms with E-state index in [2.05, 4.69) is 5.32 Å². The molecule has 0 aliphatic heterocycles. The van der Waals surface area contributed by atoms with Crippen molar-refractivity contribution in [2.45, 2.75) is 0 Å². The Hall–Kier alpha value is -1.26. The monoisotopic (exact) mass is 242 g/mol. The summed E-state index contributed by atoms with van der Waals surface area (Å²) in [4.78, 5) is 13.6. The van der Waals surface area contributed by atoms with Crippen LogP contribution in [0.2, 0.25) is 5.02 Å². The average Bonchev–Trinajstić information content (AvgIpc) is 2.21. The fourth-order valence-corrected chi connectivity index (χ4v) is 1.35. The number of nitrogens with one attached hydrogen (secondary N) is 1. The van der Waals surface area contributed by atoms with Crippen LogP contribution in [0.25, 0.3) is 0 Å². The second-order valence-corrected chi connectivity index (χ2v) is 4.16. The smallest absolute Gasteiger partial charge is 0.255 e. The summed E-state index contributed by atoms with van der Waals surface area (Å²) in [6.07, 6.45) is 0. The van der Waals surface area contributed by atoms with E-state index in [0.29, 0.717) is 11.6 Å². The third-order valence-corrected chi connectivity index (χ3v) is 2.28. The highest BCUT2D eigenvalue weighted by molar-refractivity contribution is 6.31. The number of nitrogens with zero attached hydrogens (tertiary/aromatic N) is 1. The Bertz CT molecular complexity index is 380. The lowest BCUT2D eigenvalue weighted by molar-refractivity contribution is 0.0948. The maximum Gasteiger partial charge on any atom is 0.255 e. The summed E-state index contributed by atoms with van der Waals surface area (Å²) in [5.41, 5.74) is 0.200. The maximum absolute atomic E-state index is 11.7. The molecule has 0 heterocycles. The molecule has 0 aliphatic rings. The molecule has 5 heteroatoms. The van der Waals surface area contributed by atoms with Crippen molar-refractivity contribution in [1.82, 2.24) is 10.2 Å². The number of halogens is 1. The summed E-state index contributed by atoms with van der Waals surface area (Å²) in [5, 5.41) is 12.6. The molecule has 88 valence electrons. The zero-order chi connectivity index (χ0) is 12.1. The molecule has 0 saturated heterocycles. The Morgan fingerprint density at radius 2 is 2.19 bits per heavy atom. The van der Waals surface area contributed by atoms with Gasteiger partial charge in [0.25, 0.3) is 5.91 Å². The number of hydrogen-bond acceptors (Lipinski definition) is 3. The molecule has 1 aromatic rings. The minimum atomic E-state index is -0.318. The Morgan fingerprint density at radius 1 is 1.50 bits per heavy atom. The zero-order valence-electron chi connectivity index (χ0n) is 9.33. The summed E-state index contributed by atoms with van der Waals surface area (Å²) < 4.78 is 0. The van der Waals surface area contributed by atoms with Crippen LogP contribution in [0.5, 0.6) is 5.75 Å². The molecule has 0 unspecified atom stereocenters. The van der Waals surface area contributed by atoms with Crippen molar-refractivity contribution in [3.63, 3.8) is 0 Å². The first-order valence-electron chi connectivity index (χ1n) is 4.92. The summed E-state index contributed by atoms with van der Waals surface area (Å²) in [7, 11) is 3.84.